The van der Waals surface area contributed by atoms with Crippen LogP contribution in [0, 0.1) is 23.4 Å². The molecule has 2 aromatic rings. The minimum atomic E-state index is -1.59. The third-order valence-electron chi connectivity index (χ3n) is 5.35. The van der Waals surface area contributed by atoms with Gasteiger partial charge in [0.05, 0.1) is 4.75 Å². The lowest BCUT2D eigenvalue weighted by Gasteiger charge is -2.44. The van der Waals surface area contributed by atoms with Crippen molar-refractivity contribution in [3.05, 3.63) is 59.4 Å². The average molecular weight is 421 g/mol. The van der Waals surface area contributed by atoms with Gasteiger partial charge in [-0.3, -0.25) is 9.59 Å². The van der Waals surface area contributed by atoms with Crippen molar-refractivity contribution in [3.8, 4) is 0 Å². The first-order chi connectivity index (χ1) is 13.8. The van der Waals surface area contributed by atoms with Crippen LogP contribution in [-0.2, 0) is 4.79 Å². The third-order valence-corrected chi connectivity index (χ3v) is 7.04. The Morgan fingerprint density at radius 3 is 2.45 bits per heavy atom. The van der Waals surface area contributed by atoms with Crippen molar-refractivity contribution >= 4 is 29.1 Å². The van der Waals surface area contributed by atoms with Gasteiger partial charge in [-0.15, -0.1) is 11.8 Å². The summed E-state index contributed by atoms with van der Waals surface area (Å²) >= 11 is 1.48. The van der Waals surface area contributed by atoms with Gasteiger partial charge in [0.25, 0.3) is 5.91 Å². The predicted molar refractivity (Wildman–Crippen MR) is 108 cm³/mol. The highest BCUT2D eigenvalue weighted by Gasteiger charge is 2.50. The zero-order chi connectivity index (χ0) is 21.2. The summed E-state index contributed by atoms with van der Waals surface area (Å²) < 4.78 is 39.3. The molecule has 0 heterocycles. The number of halogens is 3. The van der Waals surface area contributed by atoms with Crippen molar-refractivity contribution in [2.75, 3.05) is 5.32 Å². The van der Waals surface area contributed by atoms with Gasteiger partial charge in [-0.05, 0) is 37.0 Å². The molecule has 0 aliphatic heterocycles. The summed E-state index contributed by atoms with van der Waals surface area (Å²) in [4.78, 5) is 25.7. The molecule has 0 radical (unpaired) electrons. The second kappa shape index (κ2) is 8.61. The number of benzene rings is 2. The first-order valence-electron chi connectivity index (χ1n) is 9.55. The molecule has 29 heavy (non-hydrogen) atoms. The Balaban J connectivity index is 1.78. The number of hydrogen-bond acceptors (Lipinski definition) is 3. The summed E-state index contributed by atoms with van der Waals surface area (Å²) in [6, 6.07) is 8.21. The van der Waals surface area contributed by atoms with Gasteiger partial charge in [0.15, 0.2) is 17.5 Å². The zero-order valence-corrected chi connectivity index (χ0v) is 17.0. The van der Waals surface area contributed by atoms with Crippen LogP contribution >= 0.6 is 11.8 Å². The number of Topliss-reactive ketones (excluding diaryl/α,β-unsaturated/α-hetero) is 1. The number of thioether (sulfide) groups is 1. The van der Waals surface area contributed by atoms with Gasteiger partial charge in [-0.2, -0.15) is 0 Å². The monoisotopic (exact) mass is 421 g/mol. The summed E-state index contributed by atoms with van der Waals surface area (Å²) in [6.45, 7) is 4.17. The molecule has 2 aromatic carbocycles. The molecule has 7 heteroatoms. The summed E-state index contributed by atoms with van der Waals surface area (Å²) in [7, 11) is 0. The standard InChI is InChI=1S/C22H22F3NO2S/c1-3-5-13(2)22(9-8-19(22)27)29-16-7-4-6-14(10-16)21(28)26-15-11-17(23)20(25)18(24)12-15/h4,6-7,10-13H,3,5,8-9H2,1-2H3,(H,26,28). The number of hydrogen-bond donors (Lipinski definition) is 1. The molecule has 1 amide bonds. The maximum Gasteiger partial charge on any atom is 0.255 e. The van der Waals surface area contributed by atoms with E-state index < -0.39 is 28.1 Å². The highest BCUT2D eigenvalue weighted by molar-refractivity contribution is 8.01. The maximum atomic E-state index is 13.4. The van der Waals surface area contributed by atoms with Gasteiger partial charge in [0.1, 0.15) is 5.78 Å². The summed E-state index contributed by atoms with van der Waals surface area (Å²) in [6.07, 6.45) is 3.32. The second-order valence-electron chi connectivity index (χ2n) is 7.34. The van der Waals surface area contributed by atoms with Crippen molar-refractivity contribution in [2.24, 2.45) is 5.92 Å². The van der Waals surface area contributed by atoms with Crippen molar-refractivity contribution in [3.63, 3.8) is 0 Å². The molecule has 1 fully saturated rings. The fourth-order valence-corrected chi connectivity index (χ4v) is 5.10. The SMILES string of the molecule is CCCC(C)C1(Sc2cccc(C(=O)Nc3cc(F)c(F)c(F)c3)c2)CCC1=O. The highest BCUT2D eigenvalue weighted by atomic mass is 32.2. The Bertz CT molecular complexity index is 926. The first-order valence-corrected chi connectivity index (χ1v) is 10.4. The Morgan fingerprint density at radius 1 is 1.21 bits per heavy atom. The summed E-state index contributed by atoms with van der Waals surface area (Å²) in [5.74, 6) is -4.46. The molecular weight excluding hydrogens is 399 g/mol. The second-order valence-corrected chi connectivity index (χ2v) is 8.74. The van der Waals surface area contributed by atoms with Crippen LogP contribution < -0.4 is 5.32 Å². The lowest BCUT2D eigenvalue weighted by atomic mass is 9.73. The number of amides is 1. The van der Waals surface area contributed by atoms with E-state index in [-0.39, 0.29) is 23.0 Å². The molecule has 2 atom stereocenters. The van der Waals surface area contributed by atoms with Crippen LogP contribution in [0.3, 0.4) is 0 Å². The molecule has 3 rings (SSSR count). The third kappa shape index (κ3) is 4.34. The lowest BCUT2D eigenvalue weighted by Crippen LogP contribution is -2.49. The van der Waals surface area contributed by atoms with E-state index in [0.29, 0.717) is 6.42 Å². The van der Waals surface area contributed by atoms with Gasteiger partial charge in [0.2, 0.25) is 0 Å². The fourth-order valence-electron chi connectivity index (χ4n) is 3.61. The topological polar surface area (TPSA) is 46.2 Å². The Morgan fingerprint density at radius 2 is 1.90 bits per heavy atom. The molecule has 2 unspecified atom stereocenters. The first kappa shape index (κ1) is 21.4. The number of rotatable bonds is 7. The Hall–Kier alpha value is -2.28. The van der Waals surface area contributed by atoms with Crippen LogP contribution in [0.1, 0.15) is 49.9 Å². The maximum absolute atomic E-state index is 13.4. The fraction of sp³-hybridized carbons (Fsp3) is 0.364. The van der Waals surface area contributed by atoms with E-state index in [9.17, 15) is 22.8 Å². The van der Waals surface area contributed by atoms with Crippen molar-refractivity contribution < 1.29 is 22.8 Å². The van der Waals surface area contributed by atoms with Gasteiger partial charge in [0, 0.05) is 34.7 Å². The summed E-state index contributed by atoms with van der Waals surface area (Å²) in [5, 5.41) is 2.38. The molecule has 1 saturated carbocycles. The van der Waals surface area contributed by atoms with Gasteiger partial charge in [-0.1, -0.05) is 26.3 Å². The molecule has 3 nitrogen and oxygen atoms in total. The highest BCUT2D eigenvalue weighted by Crippen LogP contribution is 2.51. The molecule has 1 aliphatic rings. The quantitative estimate of drug-likeness (QED) is 0.559. The van der Waals surface area contributed by atoms with Crippen molar-refractivity contribution in [1.82, 2.24) is 0 Å². The molecule has 0 spiro atoms. The Labute approximate surface area is 172 Å². The lowest BCUT2D eigenvalue weighted by molar-refractivity contribution is -0.128. The van der Waals surface area contributed by atoms with Crippen molar-refractivity contribution in [1.29, 1.82) is 0 Å². The number of ketones is 1. The van der Waals surface area contributed by atoms with E-state index in [4.69, 9.17) is 0 Å². The molecular formula is C22H22F3NO2S. The average Bonchev–Trinajstić information content (AvgIpc) is 2.69. The van der Waals surface area contributed by atoms with Crippen LogP contribution in [0.4, 0.5) is 18.9 Å². The molecule has 1 N–H and O–H groups in total. The van der Waals surface area contributed by atoms with E-state index in [1.54, 1.807) is 18.2 Å². The largest absolute Gasteiger partial charge is 0.322 e. The number of carbonyl (C=O) groups is 2. The molecule has 1 aliphatic carbocycles. The predicted octanol–water partition coefficient (Wildman–Crippen LogP) is 5.99. The van der Waals surface area contributed by atoms with E-state index in [0.717, 1.165) is 36.3 Å². The van der Waals surface area contributed by atoms with Gasteiger partial charge in [-0.25, -0.2) is 13.2 Å². The Kier molecular flexibility index (Phi) is 6.36. The van der Waals surface area contributed by atoms with Gasteiger partial charge < -0.3 is 5.32 Å². The van der Waals surface area contributed by atoms with Crippen LogP contribution in [0.2, 0.25) is 0 Å². The summed E-state index contributed by atoms with van der Waals surface area (Å²) in [5.41, 5.74) is 0.108. The normalized spacial score (nSPS) is 19.6. The smallest absolute Gasteiger partial charge is 0.255 e. The van der Waals surface area contributed by atoms with E-state index in [1.807, 2.05) is 6.07 Å². The van der Waals surface area contributed by atoms with Crippen LogP contribution in [-0.4, -0.2) is 16.4 Å². The minimum Gasteiger partial charge on any atom is -0.322 e. The van der Waals surface area contributed by atoms with Crippen LogP contribution in [0.5, 0.6) is 0 Å². The molecule has 0 bridgehead atoms. The zero-order valence-electron chi connectivity index (χ0n) is 16.2. The van der Waals surface area contributed by atoms with Gasteiger partial charge >= 0.3 is 0 Å². The molecule has 0 saturated heterocycles. The van der Waals surface area contributed by atoms with Crippen LogP contribution in [0.25, 0.3) is 0 Å². The molecule has 0 aromatic heterocycles. The number of anilines is 1. The molecule has 154 valence electrons. The minimum absolute atomic E-state index is 0.174. The van der Waals surface area contributed by atoms with E-state index in [1.165, 1.54) is 11.8 Å². The van der Waals surface area contributed by atoms with Crippen LogP contribution in [0.15, 0.2) is 41.3 Å². The van der Waals surface area contributed by atoms with Crippen molar-refractivity contribution in [2.45, 2.75) is 49.2 Å². The number of carbonyl (C=O) groups excluding carboxylic acids is 2. The van der Waals surface area contributed by atoms with E-state index in [2.05, 4.69) is 19.2 Å². The number of nitrogens with one attached hydrogen (secondary N) is 1. The van der Waals surface area contributed by atoms with E-state index >= 15 is 0 Å².